The number of nitrogens with zero attached hydrogens (tertiary/aromatic N) is 1. The molecule has 2 amide bonds. The van der Waals surface area contributed by atoms with Crippen molar-refractivity contribution in [2.75, 3.05) is 13.2 Å². The summed E-state index contributed by atoms with van der Waals surface area (Å²) in [6.07, 6.45) is 0.499. The fraction of sp³-hybridized carbons (Fsp3) is 0.500. The number of benzene rings is 1. The Kier molecular flexibility index (Phi) is 4.42. The molecule has 0 unspecified atom stereocenters. The van der Waals surface area contributed by atoms with Gasteiger partial charge in [0, 0.05) is 0 Å². The molecule has 1 heterocycles. The number of hydrogen-bond acceptors (Lipinski definition) is 3. The first-order valence-electron chi connectivity index (χ1n) is 7.06. The zero-order valence-electron chi connectivity index (χ0n) is 12.3. The van der Waals surface area contributed by atoms with E-state index in [1.54, 1.807) is 0 Å². The fourth-order valence-corrected chi connectivity index (χ4v) is 2.38. The lowest BCUT2D eigenvalue weighted by molar-refractivity contribution is -0.128. The van der Waals surface area contributed by atoms with Crippen molar-refractivity contribution >= 4 is 12.0 Å². The minimum atomic E-state index is -0.529. The number of carbonyl (C=O) groups is 2. The second-order valence-corrected chi connectivity index (χ2v) is 5.67. The SMILES string of the molecule is CC(C)Cc1ccc([C@H](C)C(=O)N2CCOC2=O)cc1. The summed E-state index contributed by atoms with van der Waals surface area (Å²) in [6, 6.07) is 8.06. The summed E-state index contributed by atoms with van der Waals surface area (Å²) in [5.74, 6) is 0.0946. The number of rotatable bonds is 4. The van der Waals surface area contributed by atoms with Crippen molar-refractivity contribution < 1.29 is 14.3 Å². The van der Waals surface area contributed by atoms with Gasteiger partial charge in [-0.25, -0.2) is 9.69 Å². The molecule has 0 spiro atoms. The minimum Gasteiger partial charge on any atom is -0.447 e. The van der Waals surface area contributed by atoms with Crippen LogP contribution in [0, 0.1) is 5.92 Å². The average Bonchev–Trinajstić information content (AvgIpc) is 2.83. The van der Waals surface area contributed by atoms with Crippen molar-refractivity contribution in [3.05, 3.63) is 35.4 Å². The Bertz CT molecular complexity index is 493. The molecular weight excluding hydrogens is 254 g/mol. The predicted molar refractivity (Wildman–Crippen MR) is 76.5 cm³/mol. The van der Waals surface area contributed by atoms with Crippen molar-refractivity contribution in [2.24, 2.45) is 5.92 Å². The van der Waals surface area contributed by atoms with Gasteiger partial charge in [0.2, 0.25) is 5.91 Å². The van der Waals surface area contributed by atoms with Crippen LogP contribution >= 0.6 is 0 Å². The van der Waals surface area contributed by atoms with E-state index in [1.165, 1.54) is 10.5 Å². The monoisotopic (exact) mass is 275 g/mol. The van der Waals surface area contributed by atoms with Crippen molar-refractivity contribution in [3.8, 4) is 0 Å². The van der Waals surface area contributed by atoms with Crippen LogP contribution in [0.2, 0.25) is 0 Å². The van der Waals surface area contributed by atoms with Gasteiger partial charge in [0.15, 0.2) is 0 Å². The summed E-state index contributed by atoms with van der Waals surface area (Å²) in [6.45, 7) is 6.83. The smallest absolute Gasteiger partial charge is 0.416 e. The molecule has 20 heavy (non-hydrogen) atoms. The first kappa shape index (κ1) is 14.6. The van der Waals surface area contributed by atoms with Gasteiger partial charge in [-0.3, -0.25) is 4.79 Å². The van der Waals surface area contributed by atoms with E-state index in [9.17, 15) is 9.59 Å². The maximum absolute atomic E-state index is 12.2. The Balaban J connectivity index is 2.06. The first-order valence-corrected chi connectivity index (χ1v) is 7.06. The Morgan fingerprint density at radius 2 is 1.90 bits per heavy atom. The van der Waals surface area contributed by atoms with Gasteiger partial charge < -0.3 is 4.74 Å². The standard InChI is InChI=1S/C16H21NO3/c1-11(2)10-13-4-6-14(7-5-13)12(3)15(18)17-8-9-20-16(17)19/h4-7,11-12H,8-10H2,1-3H3/t12-/m0/s1. The summed E-state index contributed by atoms with van der Waals surface area (Å²) in [4.78, 5) is 24.8. The molecule has 108 valence electrons. The molecular formula is C16H21NO3. The molecule has 1 aromatic rings. The zero-order valence-corrected chi connectivity index (χ0v) is 12.3. The topological polar surface area (TPSA) is 46.6 Å². The highest BCUT2D eigenvalue weighted by Gasteiger charge is 2.31. The van der Waals surface area contributed by atoms with Gasteiger partial charge >= 0.3 is 6.09 Å². The van der Waals surface area contributed by atoms with Crippen LogP contribution in [0.25, 0.3) is 0 Å². The fourth-order valence-electron chi connectivity index (χ4n) is 2.38. The third-order valence-corrected chi connectivity index (χ3v) is 3.52. The Morgan fingerprint density at radius 1 is 1.25 bits per heavy atom. The molecule has 1 aliphatic heterocycles. The van der Waals surface area contributed by atoms with Crippen LogP contribution in [0.1, 0.15) is 37.8 Å². The highest BCUT2D eigenvalue weighted by molar-refractivity contribution is 5.96. The Hall–Kier alpha value is -1.84. The molecule has 0 radical (unpaired) electrons. The largest absolute Gasteiger partial charge is 0.447 e. The molecule has 2 rings (SSSR count). The molecule has 0 N–H and O–H groups in total. The van der Waals surface area contributed by atoms with E-state index < -0.39 is 6.09 Å². The summed E-state index contributed by atoms with van der Waals surface area (Å²) >= 11 is 0. The molecule has 1 saturated heterocycles. The van der Waals surface area contributed by atoms with E-state index in [4.69, 9.17) is 4.74 Å². The lowest BCUT2D eigenvalue weighted by Crippen LogP contribution is -2.34. The number of cyclic esters (lactones) is 1. The van der Waals surface area contributed by atoms with Crippen molar-refractivity contribution in [2.45, 2.75) is 33.1 Å². The van der Waals surface area contributed by atoms with Crippen molar-refractivity contribution in [1.29, 1.82) is 0 Å². The summed E-state index contributed by atoms with van der Waals surface area (Å²) in [7, 11) is 0. The summed E-state index contributed by atoms with van der Waals surface area (Å²) < 4.78 is 4.80. The molecule has 1 atom stereocenters. The molecule has 0 aromatic heterocycles. The van der Waals surface area contributed by atoms with Crippen LogP contribution in [0.4, 0.5) is 4.79 Å². The van der Waals surface area contributed by atoms with Crippen LogP contribution in [0.5, 0.6) is 0 Å². The molecule has 4 heteroatoms. The van der Waals surface area contributed by atoms with Crippen LogP contribution in [-0.4, -0.2) is 30.1 Å². The Labute approximate surface area is 119 Å². The third kappa shape index (κ3) is 3.18. The number of hydrogen-bond donors (Lipinski definition) is 0. The van der Waals surface area contributed by atoms with Crippen LogP contribution in [-0.2, 0) is 16.0 Å². The van der Waals surface area contributed by atoms with Crippen molar-refractivity contribution in [3.63, 3.8) is 0 Å². The van der Waals surface area contributed by atoms with Gasteiger partial charge in [-0.2, -0.15) is 0 Å². The second kappa shape index (κ2) is 6.07. The van der Waals surface area contributed by atoms with E-state index in [0.29, 0.717) is 19.1 Å². The maximum Gasteiger partial charge on any atom is 0.416 e. The lowest BCUT2D eigenvalue weighted by atomic mass is 9.96. The van der Waals surface area contributed by atoms with Crippen LogP contribution in [0.15, 0.2) is 24.3 Å². The molecule has 1 aromatic carbocycles. The van der Waals surface area contributed by atoms with Gasteiger partial charge in [-0.15, -0.1) is 0 Å². The van der Waals surface area contributed by atoms with E-state index in [1.807, 2.05) is 19.1 Å². The third-order valence-electron chi connectivity index (χ3n) is 3.52. The maximum atomic E-state index is 12.2. The average molecular weight is 275 g/mol. The normalized spacial score (nSPS) is 16.4. The van der Waals surface area contributed by atoms with E-state index in [2.05, 4.69) is 26.0 Å². The molecule has 1 aliphatic rings. The van der Waals surface area contributed by atoms with Crippen LogP contribution < -0.4 is 0 Å². The van der Waals surface area contributed by atoms with E-state index in [0.717, 1.165) is 12.0 Å². The van der Waals surface area contributed by atoms with E-state index >= 15 is 0 Å². The predicted octanol–water partition coefficient (Wildman–Crippen LogP) is 2.97. The zero-order chi connectivity index (χ0) is 14.7. The molecule has 0 saturated carbocycles. The molecule has 4 nitrogen and oxygen atoms in total. The quantitative estimate of drug-likeness (QED) is 0.848. The molecule has 0 aliphatic carbocycles. The first-order chi connectivity index (χ1) is 9.49. The van der Waals surface area contributed by atoms with Gasteiger partial charge in [0.05, 0.1) is 12.5 Å². The summed E-state index contributed by atoms with van der Waals surface area (Å²) in [5, 5.41) is 0. The number of carbonyl (C=O) groups excluding carboxylic acids is 2. The van der Waals surface area contributed by atoms with Gasteiger partial charge in [-0.05, 0) is 30.4 Å². The minimum absolute atomic E-state index is 0.191. The number of ether oxygens (including phenoxy) is 1. The number of amides is 2. The van der Waals surface area contributed by atoms with Crippen molar-refractivity contribution in [1.82, 2.24) is 4.90 Å². The van der Waals surface area contributed by atoms with Gasteiger partial charge in [0.1, 0.15) is 6.61 Å². The summed E-state index contributed by atoms with van der Waals surface area (Å²) in [5.41, 5.74) is 2.20. The number of imide groups is 1. The molecule has 0 bridgehead atoms. The lowest BCUT2D eigenvalue weighted by Gasteiger charge is -2.17. The second-order valence-electron chi connectivity index (χ2n) is 5.67. The van der Waals surface area contributed by atoms with Gasteiger partial charge in [-0.1, -0.05) is 38.1 Å². The van der Waals surface area contributed by atoms with Gasteiger partial charge in [0.25, 0.3) is 0 Å². The van der Waals surface area contributed by atoms with Crippen LogP contribution in [0.3, 0.4) is 0 Å². The van der Waals surface area contributed by atoms with E-state index in [-0.39, 0.29) is 11.8 Å². The highest BCUT2D eigenvalue weighted by atomic mass is 16.6. The molecule has 1 fully saturated rings. The Morgan fingerprint density at radius 3 is 2.40 bits per heavy atom. The highest BCUT2D eigenvalue weighted by Crippen LogP contribution is 2.21.